The Morgan fingerprint density at radius 3 is 2.75 bits per heavy atom. The molecule has 8 nitrogen and oxygen atoms in total. The summed E-state index contributed by atoms with van der Waals surface area (Å²) in [7, 11) is 2.12. The lowest BCUT2D eigenvalue weighted by Gasteiger charge is -2.32. The van der Waals surface area contributed by atoms with Crippen molar-refractivity contribution in [1.82, 2.24) is 24.6 Å². The Morgan fingerprint density at radius 1 is 1.16 bits per heavy atom. The van der Waals surface area contributed by atoms with E-state index in [1.807, 2.05) is 24.3 Å². The summed E-state index contributed by atoms with van der Waals surface area (Å²) in [6.45, 7) is 3.64. The van der Waals surface area contributed by atoms with Gasteiger partial charge >= 0.3 is 0 Å². The highest BCUT2D eigenvalue weighted by Crippen LogP contribution is 2.28. The van der Waals surface area contributed by atoms with Gasteiger partial charge in [0.25, 0.3) is 5.95 Å². The second-order valence-electron chi connectivity index (χ2n) is 8.26. The Kier molecular flexibility index (Phi) is 5.07. The molecule has 1 aliphatic rings. The van der Waals surface area contributed by atoms with E-state index in [0.29, 0.717) is 29.5 Å². The van der Waals surface area contributed by atoms with Crippen LogP contribution in [0.3, 0.4) is 0 Å². The molecule has 5 rings (SSSR count). The maximum Gasteiger partial charge on any atom is 0.253 e. The topological polar surface area (TPSA) is 102 Å². The third-order valence-electron chi connectivity index (χ3n) is 6.10. The standard InChI is InChI=1S/C24H25N7O/c1-15-11-20-19(14-30(15)2)23(26-12-16-7-4-3-5-8-16)29-24(28-20)31-21-10-6-9-17(22(25)32)18(21)13-27-31/h3-10,13,15H,11-12,14H2,1-2H3,(H2,25,32)(H,26,28,29). The van der Waals surface area contributed by atoms with Crippen molar-refractivity contribution in [1.29, 1.82) is 0 Å². The van der Waals surface area contributed by atoms with Crippen LogP contribution in [0.2, 0.25) is 0 Å². The number of amides is 1. The van der Waals surface area contributed by atoms with Crippen molar-refractivity contribution in [2.45, 2.75) is 32.5 Å². The molecule has 0 radical (unpaired) electrons. The minimum Gasteiger partial charge on any atom is -0.366 e. The molecule has 32 heavy (non-hydrogen) atoms. The minimum absolute atomic E-state index is 0.378. The van der Waals surface area contributed by atoms with Crippen LogP contribution in [0, 0.1) is 0 Å². The lowest BCUT2D eigenvalue weighted by atomic mass is 10.0. The first-order chi connectivity index (χ1) is 15.5. The largest absolute Gasteiger partial charge is 0.366 e. The van der Waals surface area contributed by atoms with Gasteiger partial charge in [0, 0.05) is 36.5 Å². The number of nitrogens with zero attached hydrogens (tertiary/aromatic N) is 5. The van der Waals surface area contributed by atoms with Crippen molar-refractivity contribution in [3.63, 3.8) is 0 Å². The van der Waals surface area contributed by atoms with Crippen molar-refractivity contribution in [2.75, 3.05) is 12.4 Å². The van der Waals surface area contributed by atoms with Crippen LogP contribution < -0.4 is 11.1 Å². The molecule has 0 aliphatic carbocycles. The van der Waals surface area contributed by atoms with Gasteiger partial charge in [-0.05, 0) is 31.7 Å². The molecule has 2 aromatic heterocycles. The number of rotatable bonds is 5. The van der Waals surface area contributed by atoms with Crippen LogP contribution in [-0.2, 0) is 19.5 Å². The van der Waals surface area contributed by atoms with Gasteiger partial charge in [-0.3, -0.25) is 9.69 Å². The number of anilines is 1. The van der Waals surface area contributed by atoms with E-state index in [1.54, 1.807) is 23.0 Å². The monoisotopic (exact) mass is 427 g/mol. The zero-order valence-electron chi connectivity index (χ0n) is 18.1. The SMILES string of the molecule is CC1Cc2nc(-n3ncc4c(C(N)=O)cccc43)nc(NCc3ccccc3)c2CN1C. The lowest BCUT2D eigenvalue weighted by Crippen LogP contribution is -2.36. The molecule has 3 heterocycles. The van der Waals surface area contributed by atoms with Gasteiger partial charge < -0.3 is 11.1 Å². The van der Waals surface area contributed by atoms with Crippen LogP contribution in [0.5, 0.6) is 0 Å². The van der Waals surface area contributed by atoms with Crippen LogP contribution >= 0.6 is 0 Å². The summed E-state index contributed by atoms with van der Waals surface area (Å²) >= 11 is 0. The summed E-state index contributed by atoms with van der Waals surface area (Å²) < 4.78 is 1.68. The summed E-state index contributed by atoms with van der Waals surface area (Å²) in [6.07, 6.45) is 2.47. The Bertz CT molecular complexity index is 1300. The highest BCUT2D eigenvalue weighted by atomic mass is 16.1. The van der Waals surface area contributed by atoms with E-state index in [0.717, 1.165) is 35.6 Å². The molecule has 0 saturated carbocycles. The number of nitrogens with one attached hydrogen (secondary N) is 1. The molecule has 3 N–H and O–H groups in total. The first kappa shape index (κ1) is 20.1. The number of hydrogen-bond donors (Lipinski definition) is 2. The predicted molar refractivity (Wildman–Crippen MR) is 124 cm³/mol. The van der Waals surface area contributed by atoms with Crippen LogP contribution in [0.15, 0.2) is 54.7 Å². The van der Waals surface area contributed by atoms with E-state index in [1.165, 1.54) is 5.56 Å². The van der Waals surface area contributed by atoms with Crippen molar-refractivity contribution in [2.24, 2.45) is 5.73 Å². The number of nitrogens with two attached hydrogens (primary N) is 1. The highest BCUT2D eigenvalue weighted by Gasteiger charge is 2.26. The maximum atomic E-state index is 11.8. The fourth-order valence-electron chi connectivity index (χ4n) is 4.14. The number of benzene rings is 2. The second-order valence-corrected chi connectivity index (χ2v) is 8.26. The van der Waals surface area contributed by atoms with Crippen molar-refractivity contribution >= 4 is 22.6 Å². The lowest BCUT2D eigenvalue weighted by molar-refractivity contribution is 0.100. The van der Waals surface area contributed by atoms with Crippen molar-refractivity contribution < 1.29 is 4.79 Å². The molecule has 8 heteroatoms. The van der Waals surface area contributed by atoms with Gasteiger partial charge in [-0.25, -0.2) is 4.98 Å². The third kappa shape index (κ3) is 3.58. The molecule has 0 saturated heterocycles. The fourth-order valence-corrected chi connectivity index (χ4v) is 4.14. The number of carbonyl (C=O) groups is 1. The molecule has 4 aromatic rings. The van der Waals surface area contributed by atoms with Gasteiger partial charge in [0.2, 0.25) is 5.91 Å². The zero-order valence-corrected chi connectivity index (χ0v) is 18.1. The molecular formula is C24H25N7O. The van der Waals surface area contributed by atoms with Crippen LogP contribution in [0.4, 0.5) is 5.82 Å². The first-order valence-corrected chi connectivity index (χ1v) is 10.7. The Hall–Kier alpha value is -3.78. The quantitative estimate of drug-likeness (QED) is 0.508. The number of aromatic nitrogens is 4. The summed E-state index contributed by atoms with van der Waals surface area (Å²) in [6, 6.07) is 16.0. The highest BCUT2D eigenvalue weighted by molar-refractivity contribution is 6.05. The molecule has 0 spiro atoms. The Balaban J connectivity index is 1.60. The van der Waals surface area contributed by atoms with Crippen LogP contribution in [-0.4, -0.2) is 43.6 Å². The molecule has 162 valence electrons. The van der Waals surface area contributed by atoms with E-state index in [9.17, 15) is 4.79 Å². The average Bonchev–Trinajstić information content (AvgIpc) is 3.23. The molecule has 1 atom stereocenters. The summed E-state index contributed by atoms with van der Waals surface area (Å²) in [5.74, 6) is 0.804. The van der Waals surface area contributed by atoms with E-state index in [2.05, 4.69) is 41.4 Å². The van der Waals surface area contributed by atoms with Crippen molar-refractivity contribution in [3.05, 3.63) is 77.1 Å². The van der Waals surface area contributed by atoms with Gasteiger partial charge in [0.15, 0.2) is 0 Å². The van der Waals surface area contributed by atoms with E-state index < -0.39 is 5.91 Å². The second kappa shape index (κ2) is 8.05. The number of hydrogen-bond acceptors (Lipinski definition) is 6. The van der Waals surface area contributed by atoms with E-state index in [-0.39, 0.29) is 0 Å². The number of fused-ring (bicyclic) bond motifs is 2. The predicted octanol–water partition coefficient (Wildman–Crippen LogP) is 2.90. The smallest absolute Gasteiger partial charge is 0.253 e. The molecule has 2 aromatic carbocycles. The number of carbonyl (C=O) groups excluding carboxylic acids is 1. The zero-order chi connectivity index (χ0) is 22.2. The average molecular weight is 428 g/mol. The summed E-state index contributed by atoms with van der Waals surface area (Å²) in [5, 5.41) is 8.70. The Morgan fingerprint density at radius 2 is 1.97 bits per heavy atom. The van der Waals surface area contributed by atoms with Gasteiger partial charge in [0.05, 0.1) is 23.0 Å². The minimum atomic E-state index is -0.483. The maximum absolute atomic E-state index is 11.8. The molecule has 1 unspecified atom stereocenters. The molecule has 0 bridgehead atoms. The third-order valence-corrected chi connectivity index (χ3v) is 6.10. The normalized spacial score (nSPS) is 16.1. The molecular weight excluding hydrogens is 402 g/mol. The summed E-state index contributed by atoms with van der Waals surface area (Å²) in [5.41, 5.74) is 10.0. The van der Waals surface area contributed by atoms with E-state index in [4.69, 9.17) is 15.7 Å². The number of likely N-dealkylation sites (N-methyl/N-ethyl adjacent to an activating group) is 1. The summed E-state index contributed by atoms with van der Waals surface area (Å²) in [4.78, 5) is 23.9. The molecule has 1 aliphatic heterocycles. The van der Waals surface area contributed by atoms with Gasteiger partial charge in [-0.15, -0.1) is 0 Å². The Labute approximate surface area is 186 Å². The van der Waals surface area contributed by atoms with Gasteiger partial charge in [-0.1, -0.05) is 36.4 Å². The first-order valence-electron chi connectivity index (χ1n) is 10.7. The van der Waals surface area contributed by atoms with E-state index >= 15 is 0 Å². The van der Waals surface area contributed by atoms with Crippen molar-refractivity contribution in [3.8, 4) is 5.95 Å². The van der Waals surface area contributed by atoms with Crippen LogP contribution in [0.1, 0.15) is 34.1 Å². The molecule has 1 amide bonds. The number of primary amides is 1. The van der Waals surface area contributed by atoms with Gasteiger partial charge in [0.1, 0.15) is 5.82 Å². The van der Waals surface area contributed by atoms with Crippen LogP contribution in [0.25, 0.3) is 16.9 Å². The van der Waals surface area contributed by atoms with Gasteiger partial charge in [-0.2, -0.15) is 14.8 Å². The molecule has 0 fully saturated rings. The fraction of sp³-hybridized carbons (Fsp3) is 0.250.